The number of halogens is 3. The maximum Gasteiger partial charge on any atom is 0.442 e. The molecule has 1 unspecified atom stereocenters. The number of amidine groups is 1. The normalized spacial score (nSPS) is 19.7. The van der Waals surface area contributed by atoms with Gasteiger partial charge in [0.2, 0.25) is 0 Å². The molecule has 7 nitrogen and oxygen atoms in total. The van der Waals surface area contributed by atoms with Gasteiger partial charge in [-0.2, -0.15) is 13.2 Å². The average Bonchev–Trinajstić information content (AvgIpc) is 2.86. The van der Waals surface area contributed by atoms with Crippen molar-refractivity contribution < 1.29 is 32.2 Å². The van der Waals surface area contributed by atoms with Crippen LogP contribution in [0.4, 0.5) is 13.2 Å². The molecule has 1 atom stereocenters. The lowest BCUT2D eigenvalue weighted by molar-refractivity contribution is -0.196. The number of alkyl halides is 3. The first-order chi connectivity index (χ1) is 12.6. The molecule has 27 heavy (non-hydrogen) atoms. The molecule has 2 rings (SSSR count). The molecule has 1 aliphatic rings. The fourth-order valence-electron chi connectivity index (χ4n) is 2.73. The smallest absolute Gasteiger partial charge is 0.442 e. The lowest BCUT2D eigenvalue weighted by Gasteiger charge is -2.29. The van der Waals surface area contributed by atoms with Gasteiger partial charge >= 0.3 is 11.8 Å². The van der Waals surface area contributed by atoms with E-state index in [1.54, 1.807) is 12.2 Å². The van der Waals surface area contributed by atoms with Crippen molar-refractivity contribution >= 4 is 17.6 Å². The Bertz CT molecular complexity index is 779. The second-order valence-corrected chi connectivity index (χ2v) is 5.85. The fourth-order valence-corrected chi connectivity index (χ4v) is 2.73. The Balaban J connectivity index is 2.42. The van der Waals surface area contributed by atoms with E-state index in [1.165, 1.54) is 39.3 Å². The van der Waals surface area contributed by atoms with Gasteiger partial charge in [0.05, 0.1) is 14.2 Å². The highest BCUT2D eigenvalue weighted by Gasteiger charge is 2.66. The second-order valence-electron chi connectivity index (χ2n) is 5.85. The third-order valence-electron chi connectivity index (χ3n) is 4.07. The molecule has 148 valence electrons. The molecule has 0 saturated carbocycles. The van der Waals surface area contributed by atoms with Crippen LogP contribution in [0.3, 0.4) is 0 Å². The molecule has 0 spiro atoms. The largest absolute Gasteiger partial charge is 0.493 e. The minimum atomic E-state index is -5.11. The van der Waals surface area contributed by atoms with E-state index < -0.39 is 23.7 Å². The Hall–Kier alpha value is -2.78. The lowest BCUT2D eigenvalue weighted by Crippen LogP contribution is -2.63. The molecule has 1 aliphatic heterocycles. The minimum Gasteiger partial charge on any atom is -0.493 e. The van der Waals surface area contributed by atoms with Gasteiger partial charge in [-0.1, -0.05) is 6.92 Å². The second kappa shape index (κ2) is 7.45. The topological polar surface area (TPSA) is 80.2 Å². The number of aliphatic imine (C=N–C) groups is 1. The van der Waals surface area contributed by atoms with E-state index in [9.17, 15) is 22.8 Å². The number of nitrogens with one attached hydrogen (secondary N) is 1. The van der Waals surface area contributed by atoms with Crippen LogP contribution in [0.5, 0.6) is 11.5 Å². The number of methoxy groups -OCH3 is 2. The number of rotatable bonds is 6. The Morgan fingerprint density at radius 3 is 2.41 bits per heavy atom. The van der Waals surface area contributed by atoms with Crippen molar-refractivity contribution in [1.82, 2.24) is 10.2 Å². The van der Waals surface area contributed by atoms with Gasteiger partial charge in [-0.05, 0) is 31.5 Å². The highest BCUT2D eigenvalue weighted by Crippen LogP contribution is 2.38. The van der Waals surface area contributed by atoms with Crippen LogP contribution in [-0.4, -0.2) is 55.2 Å². The Morgan fingerprint density at radius 1 is 1.26 bits per heavy atom. The summed E-state index contributed by atoms with van der Waals surface area (Å²) in [6, 6.07) is 3.86. The summed E-state index contributed by atoms with van der Waals surface area (Å²) in [6.07, 6.45) is -4.67. The third-order valence-corrected chi connectivity index (χ3v) is 4.07. The van der Waals surface area contributed by atoms with Crippen LogP contribution in [0.25, 0.3) is 0 Å². The van der Waals surface area contributed by atoms with Crippen LogP contribution < -0.4 is 14.8 Å². The summed E-state index contributed by atoms with van der Waals surface area (Å²) in [5.41, 5.74) is -3.48. The van der Waals surface area contributed by atoms with Gasteiger partial charge in [0.1, 0.15) is 5.84 Å². The molecule has 0 saturated heterocycles. The van der Waals surface area contributed by atoms with Gasteiger partial charge in [-0.25, -0.2) is 4.99 Å². The number of hydrogen-bond donors (Lipinski definition) is 1. The number of benzene rings is 1. The Kier molecular flexibility index (Phi) is 5.67. The predicted octanol–water partition coefficient (Wildman–Crippen LogP) is 2.36. The number of ether oxygens (including phenoxy) is 2. The van der Waals surface area contributed by atoms with E-state index in [-0.39, 0.29) is 23.7 Å². The van der Waals surface area contributed by atoms with Gasteiger partial charge in [-0.3, -0.25) is 14.5 Å². The first kappa shape index (κ1) is 20.5. The van der Waals surface area contributed by atoms with Crippen LogP contribution in [-0.2, 0) is 4.79 Å². The van der Waals surface area contributed by atoms with Crippen molar-refractivity contribution in [3.8, 4) is 11.5 Å². The predicted molar refractivity (Wildman–Crippen MR) is 90.9 cm³/mol. The highest BCUT2D eigenvalue weighted by atomic mass is 19.4. The van der Waals surface area contributed by atoms with E-state index in [0.29, 0.717) is 12.2 Å². The molecular formula is C17H20F3N3O4. The first-order valence-electron chi connectivity index (χ1n) is 8.11. The van der Waals surface area contributed by atoms with Gasteiger partial charge in [-0.15, -0.1) is 0 Å². The number of hydrogen-bond acceptors (Lipinski definition) is 5. The van der Waals surface area contributed by atoms with Crippen LogP contribution in [0.15, 0.2) is 23.2 Å². The van der Waals surface area contributed by atoms with E-state index in [1.807, 2.05) is 0 Å². The monoisotopic (exact) mass is 387 g/mol. The zero-order chi connectivity index (χ0) is 20.4. The van der Waals surface area contributed by atoms with Crippen molar-refractivity contribution in [1.29, 1.82) is 0 Å². The number of carbonyl (C=O) groups is 2. The number of amides is 2. The molecule has 0 fully saturated rings. The Morgan fingerprint density at radius 2 is 1.89 bits per heavy atom. The van der Waals surface area contributed by atoms with E-state index >= 15 is 0 Å². The van der Waals surface area contributed by atoms with Crippen molar-refractivity contribution in [2.24, 2.45) is 4.99 Å². The molecule has 1 N–H and O–H groups in total. The van der Waals surface area contributed by atoms with Crippen LogP contribution in [0, 0.1) is 0 Å². The van der Waals surface area contributed by atoms with Gasteiger partial charge < -0.3 is 14.8 Å². The number of nitrogens with zero attached hydrogens (tertiary/aromatic N) is 2. The van der Waals surface area contributed by atoms with Crippen molar-refractivity contribution in [3.63, 3.8) is 0 Å². The molecular weight excluding hydrogens is 367 g/mol. The molecule has 0 radical (unpaired) electrons. The lowest BCUT2D eigenvalue weighted by atomic mass is 10.1. The molecule has 2 amide bonds. The van der Waals surface area contributed by atoms with Crippen molar-refractivity contribution in [2.45, 2.75) is 32.1 Å². The Labute approximate surface area is 154 Å². The molecule has 0 aliphatic carbocycles. The van der Waals surface area contributed by atoms with E-state index in [0.717, 1.165) is 4.90 Å². The standard InChI is InChI=1S/C17H20F3N3O4/c1-5-8-23-10(2)21-16(15(23)25,17(18,19)20)22-14(24)11-6-7-12(26-3)13(9-11)27-4/h6-7,9H,5,8H2,1-4H3,(H,22,24). The first-order valence-corrected chi connectivity index (χ1v) is 8.11. The zero-order valence-electron chi connectivity index (χ0n) is 15.3. The summed E-state index contributed by atoms with van der Waals surface area (Å²) in [6.45, 7) is 3.08. The van der Waals surface area contributed by atoms with Gasteiger partial charge in [0.25, 0.3) is 11.8 Å². The van der Waals surface area contributed by atoms with Crippen LogP contribution >= 0.6 is 0 Å². The maximum absolute atomic E-state index is 13.8. The molecule has 1 aromatic carbocycles. The summed E-state index contributed by atoms with van der Waals surface area (Å²) in [7, 11) is 2.71. The summed E-state index contributed by atoms with van der Waals surface area (Å²) in [4.78, 5) is 29.4. The minimum absolute atomic E-state index is 0.0677. The summed E-state index contributed by atoms with van der Waals surface area (Å²) in [5.74, 6) is -2.08. The molecule has 0 aromatic heterocycles. The maximum atomic E-state index is 13.8. The molecule has 1 aromatic rings. The van der Waals surface area contributed by atoms with Gasteiger partial charge in [0.15, 0.2) is 11.5 Å². The molecule has 1 heterocycles. The summed E-state index contributed by atoms with van der Waals surface area (Å²) in [5, 5.41) is 1.77. The molecule has 0 bridgehead atoms. The van der Waals surface area contributed by atoms with Crippen molar-refractivity contribution in [3.05, 3.63) is 23.8 Å². The van der Waals surface area contributed by atoms with Gasteiger partial charge in [0, 0.05) is 12.1 Å². The van der Waals surface area contributed by atoms with E-state index in [4.69, 9.17) is 9.47 Å². The summed E-state index contributed by atoms with van der Waals surface area (Å²) < 4.78 is 51.4. The number of carbonyl (C=O) groups excluding carboxylic acids is 2. The quantitative estimate of drug-likeness (QED) is 0.813. The highest BCUT2D eigenvalue weighted by molar-refractivity contribution is 6.10. The molecule has 10 heteroatoms. The summed E-state index contributed by atoms with van der Waals surface area (Å²) >= 11 is 0. The SMILES string of the molecule is CCCN1C(=O)C(NC(=O)c2ccc(OC)c(OC)c2)(C(F)(F)F)N=C1C. The van der Waals surface area contributed by atoms with Crippen molar-refractivity contribution in [2.75, 3.05) is 20.8 Å². The fraction of sp³-hybridized carbons (Fsp3) is 0.471. The average molecular weight is 387 g/mol. The third kappa shape index (κ3) is 3.56. The van der Waals surface area contributed by atoms with Crippen LogP contribution in [0.1, 0.15) is 30.6 Å². The van der Waals surface area contributed by atoms with E-state index in [2.05, 4.69) is 4.99 Å². The zero-order valence-corrected chi connectivity index (χ0v) is 15.3. The van der Waals surface area contributed by atoms with Crippen LogP contribution in [0.2, 0.25) is 0 Å².